The summed E-state index contributed by atoms with van der Waals surface area (Å²) in [5.41, 5.74) is 0.497. The number of fused-ring (bicyclic) bond motifs is 1. The number of sulfonamides is 1. The van der Waals surface area contributed by atoms with Crippen LogP contribution in [0.3, 0.4) is 0 Å². The third-order valence-corrected chi connectivity index (χ3v) is 4.04. The summed E-state index contributed by atoms with van der Waals surface area (Å²) in [4.78, 5) is 4.36. The highest BCUT2D eigenvalue weighted by Crippen LogP contribution is 2.19. The fourth-order valence-corrected chi connectivity index (χ4v) is 2.89. The van der Waals surface area contributed by atoms with Crippen LogP contribution in [-0.2, 0) is 10.0 Å². The second kappa shape index (κ2) is 5.43. The number of likely N-dealkylation sites (N-methyl/N-ethyl adjacent to an activating group) is 1. The minimum absolute atomic E-state index is 0.219. The maximum absolute atomic E-state index is 12.1. The standard InChI is InChI=1S/C12H15N3O2S/c1-13-8-9-15-18(16,17)11-6-2-4-10-5-3-7-14-12(10)11/h2-7,13,15H,8-9H2,1H3. The van der Waals surface area contributed by atoms with Crippen LogP contribution in [0.15, 0.2) is 41.4 Å². The Hall–Kier alpha value is -1.50. The topological polar surface area (TPSA) is 71.1 Å². The number of hydrogen-bond acceptors (Lipinski definition) is 4. The molecule has 0 spiro atoms. The number of nitrogens with zero attached hydrogens (tertiary/aromatic N) is 1. The van der Waals surface area contributed by atoms with Crippen molar-refractivity contribution in [1.82, 2.24) is 15.0 Å². The van der Waals surface area contributed by atoms with Crippen molar-refractivity contribution in [2.45, 2.75) is 4.90 Å². The molecule has 1 aromatic heterocycles. The highest BCUT2D eigenvalue weighted by atomic mass is 32.2. The average Bonchev–Trinajstić information content (AvgIpc) is 2.38. The monoisotopic (exact) mass is 265 g/mol. The minimum Gasteiger partial charge on any atom is -0.318 e. The predicted molar refractivity (Wildman–Crippen MR) is 70.9 cm³/mol. The van der Waals surface area contributed by atoms with Gasteiger partial charge in [-0.3, -0.25) is 4.98 Å². The molecule has 0 bridgehead atoms. The van der Waals surface area contributed by atoms with Crippen molar-refractivity contribution in [2.24, 2.45) is 0 Å². The highest BCUT2D eigenvalue weighted by Gasteiger charge is 2.16. The first kappa shape index (κ1) is 12.9. The van der Waals surface area contributed by atoms with E-state index in [1.54, 1.807) is 31.4 Å². The van der Waals surface area contributed by atoms with Crippen molar-refractivity contribution in [3.05, 3.63) is 36.5 Å². The Morgan fingerprint density at radius 3 is 2.72 bits per heavy atom. The summed E-state index contributed by atoms with van der Waals surface area (Å²) in [6.07, 6.45) is 1.59. The molecule has 0 saturated heterocycles. The molecule has 5 nitrogen and oxygen atoms in total. The van der Waals surface area contributed by atoms with Crippen LogP contribution >= 0.6 is 0 Å². The summed E-state index contributed by atoms with van der Waals surface area (Å²) >= 11 is 0. The Morgan fingerprint density at radius 2 is 1.94 bits per heavy atom. The Morgan fingerprint density at radius 1 is 1.17 bits per heavy atom. The predicted octanol–water partition coefficient (Wildman–Crippen LogP) is 0.732. The van der Waals surface area contributed by atoms with Crippen LogP contribution < -0.4 is 10.0 Å². The summed E-state index contributed by atoms with van der Waals surface area (Å²) in [5, 5.41) is 3.70. The second-order valence-corrected chi connectivity index (χ2v) is 5.57. The van der Waals surface area contributed by atoms with E-state index in [-0.39, 0.29) is 4.90 Å². The van der Waals surface area contributed by atoms with E-state index >= 15 is 0 Å². The van der Waals surface area contributed by atoms with Crippen LogP contribution in [0.2, 0.25) is 0 Å². The Labute approximate surface area is 106 Å². The smallest absolute Gasteiger partial charge is 0.242 e. The molecule has 1 aromatic carbocycles. The van der Waals surface area contributed by atoms with Crippen LogP contribution in [0.1, 0.15) is 0 Å². The third kappa shape index (κ3) is 2.66. The normalized spacial score (nSPS) is 11.8. The van der Waals surface area contributed by atoms with E-state index in [4.69, 9.17) is 0 Å². The van der Waals surface area contributed by atoms with E-state index in [2.05, 4.69) is 15.0 Å². The summed E-state index contributed by atoms with van der Waals surface area (Å²) < 4.78 is 26.8. The van der Waals surface area contributed by atoms with Crippen molar-refractivity contribution in [2.75, 3.05) is 20.1 Å². The van der Waals surface area contributed by atoms with E-state index in [0.717, 1.165) is 5.39 Å². The van der Waals surface area contributed by atoms with E-state index in [1.807, 2.05) is 12.1 Å². The van der Waals surface area contributed by atoms with Gasteiger partial charge in [0.25, 0.3) is 0 Å². The quantitative estimate of drug-likeness (QED) is 0.782. The van der Waals surface area contributed by atoms with Gasteiger partial charge in [0.15, 0.2) is 0 Å². The molecule has 2 aromatic rings. The zero-order chi connectivity index (χ0) is 13.0. The lowest BCUT2D eigenvalue weighted by atomic mass is 10.2. The van der Waals surface area contributed by atoms with Crippen molar-refractivity contribution in [3.63, 3.8) is 0 Å². The second-order valence-electron chi connectivity index (χ2n) is 3.83. The molecule has 2 rings (SSSR count). The lowest BCUT2D eigenvalue weighted by Gasteiger charge is -2.08. The Balaban J connectivity index is 2.41. The molecule has 18 heavy (non-hydrogen) atoms. The van der Waals surface area contributed by atoms with Gasteiger partial charge < -0.3 is 5.32 Å². The Bertz CT molecular complexity index is 635. The first-order chi connectivity index (χ1) is 8.65. The number of rotatable bonds is 5. The molecule has 0 aliphatic heterocycles. The summed E-state index contributed by atoms with van der Waals surface area (Å²) in [7, 11) is -1.74. The van der Waals surface area contributed by atoms with Gasteiger partial charge in [0.05, 0.1) is 5.52 Å². The zero-order valence-corrected chi connectivity index (χ0v) is 10.9. The van der Waals surface area contributed by atoms with Crippen molar-refractivity contribution in [3.8, 4) is 0 Å². The van der Waals surface area contributed by atoms with Crippen molar-refractivity contribution < 1.29 is 8.42 Å². The molecule has 96 valence electrons. The number of benzene rings is 1. The molecule has 6 heteroatoms. The van der Waals surface area contributed by atoms with Gasteiger partial charge in [0.2, 0.25) is 10.0 Å². The SMILES string of the molecule is CNCCNS(=O)(=O)c1cccc2cccnc12. The number of hydrogen-bond donors (Lipinski definition) is 2. The van der Waals surface area contributed by atoms with Gasteiger partial charge in [0.1, 0.15) is 4.90 Å². The van der Waals surface area contributed by atoms with Crippen molar-refractivity contribution in [1.29, 1.82) is 0 Å². The van der Waals surface area contributed by atoms with Crippen LogP contribution in [0.25, 0.3) is 10.9 Å². The summed E-state index contributed by atoms with van der Waals surface area (Å²) in [6.45, 7) is 0.930. The molecular formula is C12H15N3O2S. The van der Waals surface area contributed by atoms with Gasteiger partial charge in [-0.25, -0.2) is 13.1 Å². The molecule has 0 radical (unpaired) electrons. The van der Waals surface area contributed by atoms with E-state index in [0.29, 0.717) is 18.6 Å². The third-order valence-electron chi connectivity index (χ3n) is 2.55. The number of para-hydroxylation sites is 1. The molecule has 0 fully saturated rings. The molecule has 2 N–H and O–H groups in total. The molecule has 0 atom stereocenters. The van der Waals surface area contributed by atoms with Crippen LogP contribution in [0.4, 0.5) is 0 Å². The van der Waals surface area contributed by atoms with Crippen molar-refractivity contribution >= 4 is 20.9 Å². The number of aromatic nitrogens is 1. The highest BCUT2D eigenvalue weighted by molar-refractivity contribution is 7.89. The lowest BCUT2D eigenvalue weighted by Crippen LogP contribution is -2.30. The fourth-order valence-electron chi connectivity index (χ4n) is 1.68. The molecule has 0 saturated carbocycles. The molecule has 0 amide bonds. The first-order valence-corrected chi connectivity index (χ1v) is 7.11. The maximum atomic E-state index is 12.1. The fraction of sp³-hybridized carbons (Fsp3) is 0.250. The van der Waals surface area contributed by atoms with E-state index in [9.17, 15) is 8.42 Å². The number of pyridine rings is 1. The van der Waals surface area contributed by atoms with E-state index in [1.165, 1.54) is 0 Å². The van der Waals surface area contributed by atoms with Gasteiger partial charge in [-0.05, 0) is 19.2 Å². The average molecular weight is 265 g/mol. The number of nitrogens with one attached hydrogen (secondary N) is 2. The first-order valence-electron chi connectivity index (χ1n) is 5.63. The van der Waals surface area contributed by atoms with Gasteiger partial charge in [-0.2, -0.15) is 0 Å². The van der Waals surface area contributed by atoms with E-state index < -0.39 is 10.0 Å². The summed E-state index contributed by atoms with van der Waals surface area (Å²) in [6, 6.07) is 8.75. The van der Waals surface area contributed by atoms with Gasteiger partial charge in [-0.1, -0.05) is 18.2 Å². The van der Waals surface area contributed by atoms with Gasteiger partial charge in [-0.15, -0.1) is 0 Å². The molecule has 0 unspecified atom stereocenters. The van der Waals surface area contributed by atoms with Gasteiger partial charge in [0, 0.05) is 24.7 Å². The minimum atomic E-state index is -3.51. The molecule has 0 aliphatic rings. The molecular weight excluding hydrogens is 250 g/mol. The molecule has 0 aliphatic carbocycles. The summed E-state index contributed by atoms with van der Waals surface area (Å²) in [5.74, 6) is 0. The van der Waals surface area contributed by atoms with Crippen LogP contribution in [-0.4, -0.2) is 33.5 Å². The van der Waals surface area contributed by atoms with Crippen LogP contribution in [0, 0.1) is 0 Å². The lowest BCUT2D eigenvalue weighted by molar-refractivity contribution is 0.580. The largest absolute Gasteiger partial charge is 0.318 e. The van der Waals surface area contributed by atoms with Crippen LogP contribution in [0.5, 0.6) is 0 Å². The molecule has 1 heterocycles. The van der Waals surface area contributed by atoms with Gasteiger partial charge >= 0.3 is 0 Å². The Kier molecular flexibility index (Phi) is 3.90. The maximum Gasteiger partial charge on any atom is 0.242 e. The zero-order valence-electron chi connectivity index (χ0n) is 10.1.